The fraction of sp³-hybridized carbons (Fsp3) is 0.0909. The molecule has 0 fully saturated rings. The number of rotatable bonds is 6. The Hall–Kier alpha value is -3.58. The molecule has 0 aliphatic heterocycles. The SMILES string of the molecule is Cc1ccc(-c2cccc(C(C=S(=O)=O)Oc3ccc(O)c(C(=O)O)c3)c2)cc1. The minimum Gasteiger partial charge on any atom is -0.507 e. The summed E-state index contributed by atoms with van der Waals surface area (Å²) < 4.78 is 28.4. The first-order chi connectivity index (χ1) is 13.8. The summed E-state index contributed by atoms with van der Waals surface area (Å²) in [6.07, 6.45) is -0.968. The van der Waals surface area contributed by atoms with Gasteiger partial charge in [-0.3, -0.25) is 0 Å². The van der Waals surface area contributed by atoms with E-state index in [1.807, 2.05) is 43.3 Å². The minimum absolute atomic E-state index is 0.118. The Labute approximate surface area is 169 Å². The zero-order valence-electron chi connectivity index (χ0n) is 15.4. The van der Waals surface area contributed by atoms with E-state index in [0.29, 0.717) is 5.56 Å². The van der Waals surface area contributed by atoms with Crippen LogP contribution < -0.4 is 4.74 Å². The summed E-state index contributed by atoms with van der Waals surface area (Å²) in [7, 11) is -2.51. The van der Waals surface area contributed by atoms with Crippen molar-refractivity contribution < 1.29 is 28.2 Å². The summed E-state index contributed by atoms with van der Waals surface area (Å²) in [6.45, 7) is 1.99. The maximum Gasteiger partial charge on any atom is 0.339 e. The molecule has 0 amide bonds. The van der Waals surface area contributed by atoms with E-state index in [1.54, 1.807) is 12.1 Å². The third-order valence-corrected chi connectivity index (χ3v) is 4.77. The highest BCUT2D eigenvalue weighted by Gasteiger charge is 2.16. The van der Waals surface area contributed by atoms with Gasteiger partial charge in [-0.25, -0.2) is 4.79 Å². The van der Waals surface area contributed by atoms with Crippen LogP contribution in [0.15, 0.2) is 66.7 Å². The molecule has 3 rings (SSSR count). The van der Waals surface area contributed by atoms with E-state index in [-0.39, 0.29) is 11.3 Å². The van der Waals surface area contributed by atoms with Crippen molar-refractivity contribution in [3.63, 3.8) is 0 Å². The molecule has 0 saturated heterocycles. The van der Waals surface area contributed by atoms with Crippen LogP contribution in [-0.4, -0.2) is 30.0 Å². The molecule has 0 spiro atoms. The van der Waals surface area contributed by atoms with Crippen molar-refractivity contribution in [1.82, 2.24) is 0 Å². The number of carboxylic acids is 1. The van der Waals surface area contributed by atoms with Crippen LogP contribution >= 0.6 is 0 Å². The van der Waals surface area contributed by atoms with E-state index in [1.165, 1.54) is 12.1 Å². The first kappa shape index (κ1) is 20.2. The third-order valence-electron chi connectivity index (χ3n) is 4.30. The van der Waals surface area contributed by atoms with Gasteiger partial charge in [-0.05, 0) is 47.9 Å². The number of aryl methyl sites for hydroxylation is 1. The van der Waals surface area contributed by atoms with Crippen LogP contribution in [0.5, 0.6) is 11.5 Å². The zero-order chi connectivity index (χ0) is 21.0. The highest BCUT2D eigenvalue weighted by molar-refractivity contribution is 7.71. The number of hydrogen-bond acceptors (Lipinski definition) is 5. The van der Waals surface area contributed by atoms with Crippen molar-refractivity contribution in [2.24, 2.45) is 0 Å². The quantitative estimate of drug-likeness (QED) is 0.599. The molecule has 3 aromatic rings. The predicted molar refractivity (Wildman–Crippen MR) is 110 cm³/mol. The van der Waals surface area contributed by atoms with Gasteiger partial charge in [0, 0.05) is 0 Å². The van der Waals surface area contributed by atoms with Crippen molar-refractivity contribution >= 4 is 21.6 Å². The summed E-state index contributed by atoms with van der Waals surface area (Å²) in [5, 5.41) is 19.8. The van der Waals surface area contributed by atoms with E-state index < -0.39 is 28.1 Å². The Morgan fingerprint density at radius 2 is 1.72 bits per heavy atom. The van der Waals surface area contributed by atoms with E-state index in [0.717, 1.165) is 28.1 Å². The average molecular weight is 410 g/mol. The van der Waals surface area contributed by atoms with Crippen LogP contribution in [0, 0.1) is 6.92 Å². The Kier molecular flexibility index (Phi) is 5.99. The third kappa shape index (κ3) is 5.03. The molecular formula is C22H18O6S. The smallest absolute Gasteiger partial charge is 0.339 e. The van der Waals surface area contributed by atoms with Gasteiger partial charge < -0.3 is 14.9 Å². The number of carboxylic acid groups (broad SMARTS) is 1. The number of phenols is 1. The normalized spacial score (nSPS) is 11.5. The lowest BCUT2D eigenvalue weighted by molar-refractivity contribution is 0.0693. The fourth-order valence-electron chi connectivity index (χ4n) is 2.82. The second-order valence-electron chi connectivity index (χ2n) is 6.41. The summed E-state index contributed by atoms with van der Waals surface area (Å²) in [5.41, 5.74) is 3.23. The molecule has 0 aliphatic carbocycles. The second kappa shape index (κ2) is 8.62. The van der Waals surface area contributed by atoms with E-state index >= 15 is 0 Å². The maximum absolute atomic E-state index is 11.3. The van der Waals surface area contributed by atoms with Crippen molar-refractivity contribution in [3.8, 4) is 22.6 Å². The summed E-state index contributed by atoms with van der Waals surface area (Å²) in [5.74, 6) is -1.60. The van der Waals surface area contributed by atoms with Crippen LogP contribution in [0.4, 0.5) is 0 Å². The Bertz CT molecular complexity index is 1170. The van der Waals surface area contributed by atoms with Crippen molar-refractivity contribution in [1.29, 1.82) is 0 Å². The number of carbonyl (C=O) groups is 1. The Morgan fingerprint density at radius 3 is 2.38 bits per heavy atom. The molecule has 29 heavy (non-hydrogen) atoms. The molecule has 0 saturated carbocycles. The number of hydrogen-bond donors (Lipinski definition) is 2. The molecule has 148 valence electrons. The second-order valence-corrected chi connectivity index (χ2v) is 7.20. The lowest BCUT2D eigenvalue weighted by atomic mass is 10.0. The maximum atomic E-state index is 11.3. The number of benzene rings is 3. The molecule has 2 N–H and O–H groups in total. The van der Waals surface area contributed by atoms with Crippen LogP contribution in [0.3, 0.4) is 0 Å². The van der Waals surface area contributed by atoms with Crippen LogP contribution in [0.25, 0.3) is 11.1 Å². The van der Waals surface area contributed by atoms with Gasteiger partial charge in [0.15, 0.2) is 6.10 Å². The minimum atomic E-state index is -2.51. The highest BCUT2D eigenvalue weighted by atomic mass is 32.2. The molecule has 6 nitrogen and oxygen atoms in total. The van der Waals surface area contributed by atoms with Gasteiger partial charge >= 0.3 is 5.97 Å². The molecule has 0 bridgehead atoms. The van der Waals surface area contributed by atoms with Gasteiger partial charge in [-0.1, -0.05) is 48.0 Å². The molecule has 1 atom stereocenters. The van der Waals surface area contributed by atoms with Gasteiger partial charge in [0.2, 0.25) is 10.3 Å². The van der Waals surface area contributed by atoms with Gasteiger partial charge in [-0.15, -0.1) is 0 Å². The Morgan fingerprint density at radius 1 is 1.00 bits per heavy atom. The standard InChI is InChI=1S/C22H18O6S/c1-14-5-7-15(8-6-14)16-3-2-4-17(11-16)21(13-29(26)27)28-18-9-10-20(23)19(12-18)22(24)25/h2-13,21,23H,1H3,(H,24,25). The number of aromatic carboxylic acids is 1. The van der Waals surface area contributed by atoms with Gasteiger partial charge in [-0.2, -0.15) is 8.42 Å². The van der Waals surface area contributed by atoms with E-state index in [4.69, 9.17) is 9.84 Å². The van der Waals surface area contributed by atoms with Crippen molar-refractivity contribution in [3.05, 3.63) is 83.4 Å². The molecule has 0 heterocycles. The fourth-order valence-corrected chi connectivity index (χ4v) is 3.24. The molecule has 0 radical (unpaired) electrons. The van der Waals surface area contributed by atoms with Crippen LogP contribution in [-0.2, 0) is 10.3 Å². The molecule has 3 aromatic carbocycles. The molecular weight excluding hydrogens is 392 g/mol. The van der Waals surface area contributed by atoms with Gasteiger partial charge in [0.25, 0.3) is 0 Å². The summed E-state index contributed by atoms with van der Waals surface area (Å²) >= 11 is 0. The first-order valence-corrected chi connectivity index (χ1v) is 9.80. The predicted octanol–water partition coefficient (Wildman–Crippen LogP) is 3.87. The van der Waals surface area contributed by atoms with Crippen LogP contribution in [0.1, 0.15) is 27.6 Å². The lowest BCUT2D eigenvalue weighted by Crippen LogP contribution is -2.10. The molecule has 1 unspecified atom stereocenters. The number of aromatic hydroxyl groups is 1. The lowest BCUT2D eigenvalue weighted by Gasteiger charge is -2.16. The Balaban J connectivity index is 1.99. The molecule has 7 heteroatoms. The highest BCUT2D eigenvalue weighted by Crippen LogP contribution is 2.29. The van der Waals surface area contributed by atoms with Gasteiger partial charge in [0.1, 0.15) is 17.1 Å². The molecule has 0 aromatic heterocycles. The van der Waals surface area contributed by atoms with Crippen molar-refractivity contribution in [2.75, 3.05) is 0 Å². The number of ether oxygens (including phenoxy) is 1. The first-order valence-electron chi connectivity index (χ1n) is 8.66. The zero-order valence-corrected chi connectivity index (χ0v) is 16.3. The molecule has 0 aliphatic rings. The van der Waals surface area contributed by atoms with Gasteiger partial charge in [0.05, 0.1) is 5.37 Å². The largest absolute Gasteiger partial charge is 0.507 e. The average Bonchev–Trinajstić information content (AvgIpc) is 2.69. The summed E-state index contributed by atoms with van der Waals surface area (Å²) in [6, 6.07) is 18.9. The van der Waals surface area contributed by atoms with Crippen LogP contribution in [0.2, 0.25) is 0 Å². The monoisotopic (exact) mass is 410 g/mol. The van der Waals surface area contributed by atoms with E-state index in [9.17, 15) is 18.3 Å². The van der Waals surface area contributed by atoms with Crippen molar-refractivity contribution in [2.45, 2.75) is 13.0 Å². The topological polar surface area (TPSA) is 101 Å². The van der Waals surface area contributed by atoms with E-state index in [2.05, 4.69) is 0 Å². The summed E-state index contributed by atoms with van der Waals surface area (Å²) in [4.78, 5) is 11.2.